The molecule has 0 spiro atoms. The Kier molecular flexibility index (Phi) is 10.2. The Hall–Kier alpha value is -1.39. The maximum Gasteiger partial charge on any atom is 0.225 e. The van der Waals surface area contributed by atoms with Gasteiger partial charge < -0.3 is 20.7 Å². The normalized spacial score (nSPS) is 23.1. The molecule has 2 fully saturated rings. The van der Waals surface area contributed by atoms with Gasteiger partial charge >= 0.3 is 0 Å². The molecule has 33 heavy (non-hydrogen) atoms. The number of hydrogen-bond donors (Lipinski definition) is 3. The van der Waals surface area contributed by atoms with E-state index in [1.807, 2.05) is 18.2 Å². The number of morpholine rings is 1. The van der Waals surface area contributed by atoms with E-state index in [2.05, 4.69) is 33.8 Å². The molecule has 1 atom stereocenters. The van der Waals surface area contributed by atoms with Crippen LogP contribution in [0.3, 0.4) is 0 Å². The molecule has 1 saturated heterocycles. The van der Waals surface area contributed by atoms with E-state index >= 15 is 0 Å². The fourth-order valence-corrected chi connectivity index (χ4v) is 5.39. The average Bonchev–Trinajstić information content (AvgIpc) is 2.82. The minimum absolute atomic E-state index is 0. The minimum atomic E-state index is 0. The number of anilines is 1. The lowest BCUT2D eigenvalue weighted by Gasteiger charge is -2.41. The first-order chi connectivity index (χ1) is 15.7. The van der Waals surface area contributed by atoms with Crippen molar-refractivity contribution in [2.75, 3.05) is 57.8 Å². The molecule has 1 amide bonds. The van der Waals surface area contributed by atoms with E-state index in [1.165, 1.54) is 37.7 Å². The van der Waals surface area contributed by atoms with Crippen LogP contribution in [0.4, 0.5) is 5.69 Å². The highest BCUT2D eigenvalue weighted by Gasteiger charge is 2.34. The standard InChI is InChI=1S/C25H39N5O2.HI/c1-2-26-24(27-17-20-16-23(31)29-22-9-5-4-8-21(20)22)28-18-25(10-6-3-7-11-25)19-30-12-14-32-15-13-30;/h4-5,8-9,20H,2-3,6-7,10-19H2,1H3,(H,29,31)(H2,26,27,28);1H. The number of benzene rings is 1. The van der Waals surface area contributed by atoms with Crippen LogP contribution in [-0.2, 0) is 9.53 Å². The molecule has 1 aromatic rings. The predicted molar refractivity (Wildman–Crippen MR) is 145 cm³/mol. The van der Waals surface area contributed by atoms with Gasteiger partial charge in [-0.25, -0.2) is 0 Å². The van der Waals surface area contributed by atoms with Crippen molar-refractivity contribution in [2.45, 2.75) is 51.4 Å². The van der Waals surface area contributed by atoms with Crippen molar-refractivity contribution in [3.63, 3.8) is 0 Å². The number of ether oxygens (including phenoxy) is 1. The molecular formula is C25H40IN5O2. The second-order valence-electron chi connectivity index (χ2n) is 9.56. The number of aliphatic imine (C=N–C) groups is 1. The Balaban J connectivity index is 0.00000306. The molecule has 1 unspecified atom stereocenters. The zero-order valence-electron chi connectivity index (χ0n) is 19.9. The molecule has 7 nitrogen and oxygen atoms in total. The number of amides is 1. The third-order valence-electron chi connectivity index (χ3n) is 7.12. The van der Waals surface area contributed by atoms with Crippen molar-refractivity contribution in [3.05, 3.63) is 29.8 Å². The summed E-state index contributed by atoms with van der Waals surface area (Å²) in [5.41, 5.74) is 2.39. The number of halogens is 1. The summed E-state index contributed by atoms with van der Waals surface area (Å²) >= 11 is 0. The summed E-state index contributed by atoms with van der Waals surface area (Å²) in [6.07, 6.45) is 6.96. The van der Waals surface area contributed by atoms with Crippen LogP contribution in [0.1, 0.15) is 56.9 Å². The fourth-order valence-electron chi connectivity index (χ4n) is 5.39. The maximum atomic E-state index is 12.2. The molecule has 0 bridgehead atoms. The lowest BCUT2D eigenvalue weighted by molar-refractivity contribution is -0.116. The molecule has 3 aliphatic rings. The van der Waals surface area contributed by atoms with Crippen molar-refractivity contribution >= 4 is 41.5 Å². The largest absolute Gasteiger partial charge is 0.379 e. The van der Waals surface area contributed by atoms with Gasteiger partial charge in [-0.15, -0.1) is 24.0 Å². The van der Waals surface area contributed by atoms with Crippen LogP contribution in [0.15, 0.2) is 29.3 Å². The van der Waals surface area contributed by atoms with Gasteiger partial charge in [0.25, 0.3) is 0 Å². The number of fused-ring (bicyclic) bond motifs is 1. The van der Waals surface area contributed by atoms with Crippen molar-refractivity contribution in [1.29, 1.82) is 0 Å². The van der Waals surface area contributed by atoms with Crippen molar-refractivity contribution < 1.29 is 9.53 Å². The molecule has 3 N–H and O–H groups in total. The summed E-state index contributed by atoms with van der Waals surface area (Å²) in [5.74, 6) is 1.10. The van der Waals surface area contributed by atoms with E-state index in [1.54, 1.807) is 0 Å². The fraction of sp³-hybridized carbons (Fsp3) is 0.680. The molecule has 1 aromatic carbocycles. The average molecular weight is 570 g/mol. The van der Waals surface area contributed by atoms with Gasteiger partial charge in [-0.3, -0.25) is 14.7 Å². The topological polar surface area (TPSA) is 78.0 Å². The number of nitrogens with zero attached hydrogens (tertiary/aromatic N) is 2. The molecule has 0 aromatic heterocycles. The lowest BCUT2D eigenvalue weighted by atomic mass is 9.73. The first-order valence-electron chi connectivity index (χ1n) is 12.4. The van der Waals surface area contributed by atoms with Gasteiger partial charge in [-0.2, -0.15) is 0 Å². The van der Waals surface area contributed by atoms with Gasteiger partial charge in [0.15, 0.2) is 5.96 Å². The molecule has 0 radical (unpaired) electrons. The lowest BCUT2D eigenvalue weighted by Crippen LogP contribution is -2.47. The summed E-state index contributed by atoms with van der Waals surface area (Å²) in [6.45, 7) is 9.36. The SMILES string of the molecule is CCNC(=NCC1(CN2CCOCC2)CCCCC1)NCC1CC(=O)Nc2ccccc21.I. The Morgan fingerprint density at radius 1 is 1.18 bits per heavy atom. The zero-order chi connectivity index (χ0) is 22.2. The summed E-state index contributed by atoms with van der Waals surface area (Å²) < 4.78 is 5.56. The first-order valence-corrected chi connectivity index (χ1v) is 12.4. The van der Waals surface area contributed by atoms with Crippen molar-refractivity contribution in [2.24, 2.45) is 10.4 Å². The quantitative estimate of drug-likeness (QED) is 0.266. The van der Waals surface area contributed by atoms with E-state index in [4.69, 9.17) is 9.73 Å². The zero-order valence-corrected chi connectivity index (χ0v) is 22.2. The molecule has 184 valence electrons. The second kappa shape index (κ2) is 12.9. The van der Waals surface area contributed by atoms with E-state index < -0.39 is 0 Å². The molecule has 1 aliphatic carbocycles. The molecule has 1 saturated carbocycles. The third kappa shape index (κ3) is 7.29. The number of carbonyl (C=O) groups is 1. The number of nitrogens with one attached hydrogen (secondary N) is 3. The van der Waals surface area contributed by atoms with E-state index in [0.717, 1.165) is 57.6 Å². The number of rotatable bonds is 7. The Labute approximate surface area is 215 Å². The number of para-hydroxylation sites is 1. The second-order valence-corrected chi connectivity index (χ2v) is 9.56. The van der Waals surface area contributed by atoms with Gasteiger partial charge in [-0.1, -0.05) is 37.5 Å². The van der Waals surface area contributed by atoms with Crippen LogP contribution >= 0.6 is 24.0 Å². The van der Waals surface area contributed by atoms with Crippen LogP contribution in [0.25, 0.3) is 0 Å². The number of carbonyl (C=O) groups excluding carboxylic acids is 1. The smallest absolute Gasteiger partial charge is 0.225 e. The molecule has 2 heterocycles. The van der Waals surface area contributed by atoms with Crippen molar-refractivity contribution in [1.82, 2.24) is 15.5 Å². The Morgan fingerprint density at radius 3 is 2.70 bits per heavy atom. The highest BCUT2D eigenvalue weighted by Crippen LogP contribution is 2.38. The summed E-state index contributed by atoms with van der Waals surface area (Å²) in [6, 6.07) is 8.11. The van der Waals surface area contributed by atoms with Crippen LogP contribution < -0.4 is 16.0 Å². The van der Waals surface area contributed by atoms with Crippen LogP contribution in [0, 0.1) is 5.41 Å². The Morgan fingerprint density at radius 2 is 1.94 bits per heavy atom. The highest BCUT2D eigenvalue weighted by atomic mass is 127. The summed E-state index contributed by atoms with van der Waals surface area (Å²) in [7, 11) is 0. The monoisotopic (exact) mass is 569 g/mol. The molecule has 2 aliphatic heterocycles. The van der Waals surface area contributed by atoms with Gasteiger partial charge in [0.05, 0.1) is 13.2 Å². The van der Waals surface area contributed by atoms with Gasteiger partial charge in [0.2, 0.25) is 5.91 Å². The van der Waals surface area contributed by atoms with E-state index in [-0.39, 0.29) is 41.2 Å². The van der Waals surface area contributed by atoms with E-state index in [0.29, 0.717) is 13.0 Å². The van der Waals surface area contributed by atoms with Crippen molar-refractivity contribution in [3.8, 4) is 0 Å². The van der Waals surface area contributed by atoms with Crippen LogP contribution in [0.5, 0.6) is 0 Å². The minimum Gasteiger partial charge on any atom is -0.379 e. The number of hydrogen-bond acceptors (Lipinski definition) is 4. The maximum absolute atomic E-state index is 12.2. The first kappa shape index (κ1) is 26.2. The number of guanidine groups is 1. The van der Waals surface area contributed by atoms with Gasteiger partial charge in [0, 0.05) is 62.7 Å². The Bertz CT molecular complexity index is 791. The molecule has 8 heteroatoms. The highest BCUT2D eigenvalue weighted by molar-refractivity contribution is 14.0. The summed E-state index contributed by atoms with van der Waals surface area (Å²) in [5, 5.41) is 9.95. The molecular weight excluding hydrogens is 529 g/mol. The third-order valence-corrected chi connectivity index (χ3v) is 7.12. The van der Waals surface area contributed by atoms with Gasteiger partial charge in [-0.05, 0) is 31.4 Å². The van der Waals surface area contributed by atoms with E-state index in [9.17, 15) is 4.79 Å². The molecule has 4 rings (SSSR count). The van der Waals surface area contributed by atoms with Crippen LogP contribution in [0.2, 0.25) is 0 Å². The van der Waals surface area contributed by atoms with Crippen LogP contribution in [-0.4, -0.2) is 69.2 Å². The van der Waals surface area contributed by atoms with Gasteiger partial charge in [0.1, 0.15) is 0 Å². The predicted octanol–water partition coefficient (Wildman–Crippen LogP) is 3.57. The summed E-state index contributed by atoms with van der Waals surface area (Å²) in [4.78, 5) is 19.8.